The van der Waals surface area contributed by atoms with Gasteiger partial charge in [0.05, 0.1) is 12.0 Å². The summed E-state index contributed by atoms with van der Waals surface area (Å²) in [5.74, 6) is 0.820. The highest BCUT2D eigenvalue weighted by molar-refractivity contribution is 5.03. The molecule has 0 radical (unpaired) electrons. The fraction of sp³-hybridized carbons (Fsp3) is 0.842. The quantitative estimate of drug-likeness (QED) is 0.801. The zero-order valence-corrected chi connectivity index (χ0v) is 15.2. The summed E-state index contributed by atoms with van der Waals surface area (Å²) in [6, 6.07) is 1.40. The predicted octanol–water partition coefficient (Wildman–Crippen LogP) is 3.55. The second-order valence-electron chi connectivity index (χ2n) is 7.86. The summed E-state index contributed by atoms with van der Waals surface area (Å²) in [6.07, 6.45) is 13.7. The molecule has 23 heavy (non-hydrogen) atoms. The van der Waals surface area contributed by atoms with Crippen molar-refractivity contribution < 1.29 is 0 Å². The van der Waals surface area contributed by atoms with Crippen LogP contribution >= 0.6 is 0 Å². The molecule has 3 rings (SSSR count). The minimum absolute atomic E-state index is 0.694. The molecule has 0 bridgehead atoms. The van der Waals surface area contributed by atoms with E-state index in [0.29, 0.717) is 12.1 Å². The molecule has 0 aromatic carbocycles. The molecule has 130 valence electrons. The van der Waals surface area contributed by atoms with Gasteiger partial charge in [-0.2, -0.15) is 0 Å². The van der Waals surface area contributed by atoms with Crippen molar-refractivity contribution in [2.75, 3.05) is 27.2 Å². The van der Waals surface area contributed by atoms with Crippen molar-refractivity contribution in [3.63, 3.8) is 0 Å². The van der Waals surface area contributed by atoms with E-state index in [2.05, 4.69) is 52.9 Å². The van der Waals surface area contributed by atoms with Gasteiger partial charge in [-0.15, -0.1) is 0 Å². The van der Waals surface area contributed by atoms with Crippen LogP contribution in [0.2, 0.25) is 0 Å². The molecule has 0 N–H and O–H groups in total. The summed E-state index contributed by atoms with van der Waals surface area (Å²) >= 11 is 0. The SMILES string of the molecule is CCC[C@@H]1CN(Cc2cncn2C2CCCCC2)C[C@H]1N(C)C. The summed E-state index contributed by atoms with van der Waals surface area (Å²) in [5, 5.41) is 0. The van der Waals surface area contributed by atoms with Crippen LogP contribution in [0.1, 0.15) is 63.6 Å². The third kappa shape index (κ3) is 3.97. The molecule has 2 fully saturated rings. The van der Waals surface area contributed by atoms with Gasteiger partial charge in [-0.25, -0.2) is 4.98 Å². The number of aromatic nitrogens is 2. The Balaban J connectivity index is 1.65. The average molecular weight is 319 g/mol. The first-order valence-electron chi connectivity index (χ1n) is 9.58. The van der Waals surface area contributed by atoms with Gasteiger partial charge in [0.15, 0.2) is 0 Å². The third-order valence-electron chi connectivity index (χ3n) is 5.90. The predicted molar refractivity (Wildman–Crippen MR) is 95.5 cm³/mol. The molecule has 0 spiro atoms. The number of imidazole rings is 1. The van der Waals surface area contributed by atoms with Crippen molar-refractivity contribution >= 4 is 0 Å². The molecule has 1 aromatic heterocycles. The molecule has 1 saturated carbocycles. The van der Waals surface area contributed by atoms with Gasteiger partial charge >= 0.3 is 0 Å². The largest absolute Gasteiger partial charge is 0.330 e. The Hall–Kier alpha value is -0.870. The Morgan fingerprint density at radius 1 is 1.17 bits per heavy atom. The lowest BCUT2D eigenvalue weighted by Gasteiger charge is -2.26. The first-order chi connectivity index (χ1) is 11.2. The molecule has 2 aliphatic rings. The Kier molecular flexibility index (Phi) is 5.76. The molecule has 0 amide bonds. The minimum atomic E-state index is 0.694. The Bertz CT molecular complexity index is 475. The van der Waals surface area contributed by atoms with Crippen molar-refractivity contribution in [1.82, 2.24) is 19.4 Å². The molecule has 1 aliphatic heterocycles. The van der Waals surface area contributed by atoms with Crippen molar-refractivity contribution in [1.29, 1.82) is 0 Å². The number of likely N-dealkylation sites (N-methyl/N-ethyl adjacent to an activating group) is 1. The molecule has 4 heteroatoms. The van der Waals surface area contributed by atoms with Gasteiger partial charge in [-0.1, -0.05) is 32.6 Å². The van der Waals surface area contributed by atoms with Crippen LogP contribution in [0.3, 0.4) is 0 Å². The second kappa shape index (κ2) is 7.80. The van der Waals surface area contributed by atoms with E-state index in [1.807, 2.05) is 0 Å². The van der Waals surface area contributed by atoms with Gasteiger partial charge in [-0.05, 0) is 39.3 Å². The molecule has 1 aromatic rings. The summed E-state index contributed by atoms with van der Waals surface area (Å²) in [6.45, 7) is 5.83. The molecule has 0 unspecified atom stereocenters. The summed E-state index contributed by atoms with van der Waals surface area (Å²) in [7, 11) is 4.48. The summed E-state index contributed by atoms with van der Waals surface area (Å²) in [4.78, 5) is 9.56. The highest BCUT2D eigenvalue weighted by Gasteiger charge is 2.33. The van der Waals surface area contributed by atoms with Crippen LogP contribution in [0.5, 0.6) is 0 Å². The van der Waals surface area contributed by atoms with Crippen LogP contribution in [0, 0.1) is 5.92 Å². The van der Waals surface area contributed by atoms with Gasteiger partial charge < -0.3 is 9.47 Å². The zero-order valence-electron chi connectivity index (χ0n) is 15.2. The van der Waals surface area contributed by atoms with Crippen LogP contribution in [0.25, 0.3) is 0 Å². The van der Waals surface area contributed by atoms with Crippen LogP contribution < -0.4 is 0 Å². The molecular weight excluding hydrogens is 284 g/mol. The third-order valence-corrected chi connectivity index (χ3v) is 5.90. The Morgan fingerprint density at radius 2 is 1.96 bits per heavy atom. The molecule has 4 nitrogen and oxygen atoms in total. The van der Waals surface area contributed by atoms with Crippen LogP contribution in [-0.2, 0) is 6.54 Å². The van der Waals surface area contributed by atoms with Crippen molar-refractivity contribution in [2.45, 2.75) is 70.5 Å². The fourth-order valence-corrected chi connectivity index (χ4v) is 4.68. The number of hydrogen-bond acceptors (Lipinski definition) is 3. The summed E-state index contributed by atoms with van der Waals surface area (Å²) < 4.78 is 2.48. The number of hydrogen-bond donors (Lipinski definition) is 0. The number of nitrogens with zero attached hydrogens (tertiary/aromatic N) is 4. The normalized spacial score (nSPS) is 27.1. The first-order valence-corrected chi connectivity index (χ1v) is 9.58. The van der Waals surface area contributed by atoms with Crippen LogP contribution in [0.4, 0.5) is 0 Å². The van der Waals surface area contributed by atoms with Gasteiger partial charge in [0.1, 0.15) is 0 Å². The van der Waals surface area contributed by atoms with E-state index in [-0.39, 0.29) is 0 Å². The van der Waals surface area contributed by atoms with Gasteiger partial charge in [0.25, 0.3) is 0 Å². The van der Waals surface area contributed by atoms with Crippen molar-refractivity contribution in [2.24, 2.45) is 5.92 Å². The van der Waals surface area contributed by atoms with E-state index in [9.17, 15) is 0 Å². The average Bonchev–Trinajstić information content (AvgIpc) is 3.16. The van der Waals surface area contributed by atoms with Crippen molar-refractivity contribution in [3.05, 3.63) is 18.2 Å². The Labute approximate surface area is 141 Å². The van der Waals surface area contributed by atoms with E-state index in [1.165, 1.54) is 63.7 Å². The highest BCUT2D eigenvalue weighted by atomic mass is 15.3. The van der Waals surface area contributed by atoms with Gasteiger partial charge in [0, 0.05) is 37.9 Å². The smallest absolute Gasteiger partial charge is 0.0951 e. The maximum Gasteiger partial charge on any atom is 0.0951 e. The van der Waals surface area contributed by atoms with E-state index in [4.69, 9.17) is 0 Å². The first kappa shape index (κ1) is 17.0. The molecule has 1 saturated heterocycles. The maximum absolute atomic E-state index is 4.47. The highest BCUT2D eigenvalue weighted by Crippen LogP contribution is 2.30. The van der Waals surface area contributed by atoms with E-state index in [0.717, 1.165) is 12.5 Å². The fourth-order valence-electron chi connectivity index (χ4n) is 4.68. The maximum atomic E-state index is 4.47. The molecule has 2 atom stereocenters. The second-order valence-corrected chi connectivity index (χ2v) is 7.86. The Morgan fingerprint density at radius 3 is 2.65 bits per heavy atom. The van der Waals surface area contributed by atoms with Crippen LogP contribution in [-0.4, -0.2) is 52.6 Å². The van der Waals surface area contributed by atoms with Gasteiger partial charge in [-0.3, -0.25) is 4.90 Å². The molecular formula is C19H34N4. The van der Waals surface area contributed by atoms with Crippen LogP contribution in [0.15, 0.2) is 12.5 Å². The lowest BCUT2D eigenvalue weighted by atomic mass is 9.95. The topological polar surface area (TPSA) is 24.3 Å². The van der Waals surface area contributed by atoms with E-state index in [1.54, 1.807) is 0 Å². The number of rotatable bonds is 6. The van der Waals surface area contributed by atoms with Gasteiger partial charge in [0.2, 0.25) is 0 Å². The minimum Gasteiger partial charge on any atom is -0.330 e. The molecule has 1 aliphatic carbocycles. The lowest BCUT2D eigenvalue weighted by Crippen LogP contribution is -2.35. The monoisotopic (exact) mass is 318 g/mol. The molecule has 2 heterocycles. The number of likely N-dealkylation sites (tertiary alicyclic amines) is 1. The van der Waals surface area contributed by atoms with E-state index >= 15 is 0 Å². The van der Waals surface area contributed by atoms with Crippen molar-refractivity contribution in [3.8, 4) is 0 Å². The lowest BCUT2D eigenvalue weighted by molar-refractivity contribution is 0.237. The summed E-state index contributed by atoms with van der Waals surface area (Å²) in [5.41, 5.74) is 1.42. The van der Waals surface area contributed by atoms with E-state index < -0.39 is 0 Å². The standard InChI is InChI=1S/C19H34N4/c1-4-8-16-12-22(14-19(16)21(2)3)13-18-11-20-15-23(18)17-9-6-5-7-10-17/h11,15-17,19H,4-10,12-14H2,1-3H3/t16-,19-/m1/s1. The zero-order chi connectivity index (χ0) is 16.2.